The van der Waals surface area contributed by atoms with Gasteiger partial charge in [-0.1, -0.05) is 78.6 Å². The molecule has 0 bridgehead atoms. The Bertz CT molecular complexity index is 541. The van der Waals surface area contributed by atoms with Crippen molar-refractivity contribution >= 4 is 112 Å². The van der Waals surface area contributed by atoms with Crippen molar-refractivity contribution in [3.8, 4) is 0 Å². The summed E-state index contributed by atoms with van der Waals surface area (Å²) in [6, 6.07) is 0. The second kappa shape index (κ2) is 30.1. The molecule has 20 heteroatoms. The molecule has 0 saturated carbocycles. The number of hydrogen-bond donors (Lipinski definition) is 2. The van der Waals surface area contributed by atoms with Gasteiger partial charge < -0.3 is 49.8 Å². The van der Waals surface area contributed by atoms with E-state index >= 15 is 0 Å². The molecule has 296 valence electrons. The normalized spacial score (nSPS) is 12.0. The fraction of sp³-hybridized carbons (Fsp3) is 1.00. The maximum Gasteiger partial charge on any atom is 2.00 e. The molecule has 0 rings (SSSR count). The van der Waals surface area contributed by atoms with E-state index in [1.165, 1.54) is 0 Å². The second-order valence-corrected chi connectivity index (χ2v) is 63.0. The first-order chi connectivity index (χ1) is 16.6. The van der Waals surface area contributed by atoms with Gasteiger partial charge in [-0.2, -0.15) is 0 Å². The third-order valence-corrected chi connectivity index (χ3v) is 42.6. The van der Waals surface area contributed by atoms with Gasteiger partial charge in [0, 0.05) is 14.1 Å². The molecule has 9 N–H and O–H groups in total. The van der Waals surface area contributed by atoms with Gasteiger partial charge in [0.15, 0.2) is 0 Å². The van der Waals surface area contributed by atoms with Crippen molar-refractivity contribution in [1.82, 2.24) is 8.46 Å². The molecule has 0 heterocycles. The maximum atomic E-state index is 2.65. The largest absolute Gasteiger partial charge is 2.00 e. The standard InChI is InChI=1S/4C7H21NSi2.2Mg.6H2O/c4*1-8(9(2,3)4)10(5,6)7;;;;;;;;/h4*1-7H3;;;6*1H2/q;;;;2*+2;;;;;;/p-3. The summed E-state index contributed by atoms with van der Waals surface area (Å²) in [5.74, 6) is 0. The van der Waals surface area contributed by atoms with Crippen LogP contribution in [0.2, 0.25) is 157 Å². The van der Waals surface area contributed by atoms with Crippen molar-refractivity contribution in [2.75, 3.05) is 28.2 Å². The summed E-state index contributed by atoms with van der Waals surface area (Å²) in [6.07, 6.45) is 0. The van der Waals surface area contributed by atoms with Gasteiger partial charge in [-0.3, -0.25) is 0 Å². The summed E-state index contributed by atoms with van der Waals surface area (Å²) in [5, 5.41) is 0. The quantitative estimate of drug-likeness (QED) is 0.319. The third-order valence-electron chi connectivity index (χ3n) is 8.52. The molecular weight excluding hydrogens is 762 g/mol. The molecule has 0 atom stereocenters. The smallest absolute Gasteiger partial charge is 0.870 e. The number of nitrogens with zero attached hydrogens (tertiary/aromatic N) is 2. The molecule has 10 nitrogen and oxygen atoms in total. The molecule has 0 aromatic carbocycles. The Morgan fingerprint density at radius 2 is 0.375 bits per heavy atom. The van der Waals surface area contributed by atoms with Gasteiger partial charge in [0.1, 0.15) is 32.9 Å². The van der Waals surface area contributed by atoms with E-state index in [4.69, 9.17) is 0 Å². The number of hydrogen-bond acceptors (Lipinski definition) is 7. The van der Waals surface area contributed by atoms with E-state index in [0.717, 1.165) is 0 Å². The zero-order valence-electron chi connectivity index (χ0n) is 38.0. The van der Waals surface area contributed by atoms with Crippen LogP contribution in [0.4, 0.5) is 0 Å². The van der Waals surface area contributed by atoms with E-state index in [-0.39, 0.29) is 79.0 Å². The Balaban J connectivity index is -0.0000000341. The molecule has 0 aromatic heterocycles. The topological polar surface area (TPSA) is 197 Å². The Hall–Kier alpha value is 2.87. The SMILES string of the molecule is CN([Si](C)(C)C)[Si](C)(C)C.CN([Si](C)(C)C)[Si](C)(C)C.C[NH+]([Si](C)(C)C)[Si](C)(C)C.C[NH+]([Si](C)(C)C)[Si](C)(C)C.O.[Mg+2].[Mg+2].[OH-].[OH-].[OH-].[OH-].[OH-]. The van der Waals surface area contributed by atoms with Crippen LogP contribution < -0.4 is 8.46 Å². The number of nitrogens with one attached hydrogen (secondary N) is 2. The average molecular weight is 855 g/mol. The van der Waals surface area contributed by atoms with E-state index in [2.05, 4.69) is 194 Å². The Labute approximate surface area is 344 Å². The first-order valence-electron chi connectivity index (χ1n) is 15.8. The van der Waals surface area contributed by atoms with E-state index in [1.54, 1.807) is 0 Å². The molecule has 0 radical (unpaired) electrons. The summed E-state index contributed by atoms with van der Waals surface area (Å²) in [5.41, 5.74) is 0. The van der Waals surface area contributed by atoms with Crippen LogP contribution in [0.5, 0.6) is 0 Å². The predicted molar refractivity (Wildman–Crippen MR) is 241 cm³/mol. The minimum Gasteiger partial charge on any atom is -0.870 e. The first kappa shape index (κ1) is 83.7. The Kier molecular flexibility index (Phi) is 52.6. The number of rotatable bonds is 8. The van der Waals surface area contributed by atoms with Crippen LogP contribution in [0.1, 0.15) is 0 Å². The molecule has 0 aromatic rings. The van der Waals surface area contributed by atoms with Crippen LogP contribution in [0, 0.1) is 0 Å². The van der Waals surface area contributed by atoms with Gasteiger partial charge in [-0.25, -0.2) is 0 Å². The minimum absolute atomic E-state index is 0. The van der Waals surface area contributed by atoms with Gasteiger partial charge in [0.2, 0.25) is 0 Å². The summed E-state index contributed by atoms with van der Waals surface area (Å²) in [7, 11) is 1.65. The molecule has 0 amide bonds. The van der Waals surface area contributed by atoms with Crippen molar-refractivity contribution in [1.29, 1.82) is 0 Å². The molecule has 0 saturated heterocycles. The van der Waals surface area contributed by atoms with Crippen molar-refractivity contribution in [2.24, 2.45) is 0 Å². The van der Waals surface area contributed by atoms with Crippen molar-refractivity contribution in [3.05, 3.63) is 0 Å². The van der Waals surface area contributed by atoms with Crippen LogP contribution in [0.15, 0.2) is 0 Å². The van der Waals surface area contributed by atoms with Gasteiger partial charge >= 0.3 is 46.1 Å². The first-order valence-corrected chi connectivity index (χ1v) is 43.6. The minimum atomic E-state index is -1.00. The summed E-state index contributed by atoms with van der Waals surface area (Å²) in [4.78, 5) is 0. The fourth-order valence-corrected chi connectivity index (χ4v) is 38.4. The van der Waals surface area contributed by atoms with Gasteiger partial charge in [0.25, 0.3) is 32.9 Å². The fourth-order valence-electron chi connectivity index (χ4n) is 4.26. The average Bonchev–Trinajstić information content (AvgIpc) is 2.61. The van der Waals surface area contributed by atoms with Crippen LogP contribution in [-0.2, 0) is 0 Å². The van der Waals surface area contributed by atoms with E-state index < -0.39 is 65.9 Å². The number of quaternary nitrogens is 2. The second-order valence-electron chi connectivity index (χ2n) is 20.1. The van der Waals surface area contributed by atoms with Crippen LogP contribution in [0.3, 0.4) is 0 Å². The molecule has 0 aliphatic rings. The monoisotopic (exact) mass is 853 g/mol. The van der Waals surface area contributed by atoms with Gasteiger partial charge in [0.05, 0.1) is 0 Å². The molecule has 0 aliphatic carbocycles. The summed E-state index contributed by atoms with van der Waals surface area (Å²) in [6.45, 7) is 58.2. The predicted octanol–water partition coefficient (Wildman–Crippen LogP) is 5.05. The zero-order chi connectivity index (χ0) is 34.3. The van der Waals surface area contributed by atoms with Crippen molar-refractivity contribution < 1.29 is 41.3 Å². The van der Waals surface area contributed by atoms with Crippen LogP contribution >= 0.6 is 0 Å². The van der Waals surface area contributed by atoms with Gasteiger partial charge in [-0.05, 0) is 92.7 Å². The van der Waals surface area contributed by atoms with Crippen molar-refractivity contribution in [2.45, 2.75) is 157 Å². The van der Waals surface area contributed by atoms with Gasteiger partial charge in [-0.15, -0.1) is 0 Å². The van der Waals surface area contributed by atoms with E-state index in [0.29, 0.717) is 0 Å². The molecule has 0 fully saturated rings. The molecule has 0 unspecified atom stereocenters. The van der Waals surface area contributed by atoms with E-state index in [9.17, 15) is 0 Å². The summed E-state index contributed by atoms with van der Waals surface area (Å²) >= 11 is 0. The van der Waals surface area contributed by atoms with Crippen molar-refractivity contribution in [3.63, 3.8) is 0 Å². The Morgan fingerprint density at radius 1 is 0.292 bits per heavy atom. The van der Waals surface area contributed by atoms with E-state index in [1.807, 2.05) is 8.46 Å². The molecule has 0 aliphatic heterocycles. The summed E-state index contributed by atoms with van der Waals surface area (Å²) < 4.78 is 9.00. The van der Waals surface area contributed by atoms with Crippen LogP contribution in [0.25, 0.3) is 0 Å². The third kappa shape index (κ3) is 43.3. The molecule has 48 heavy (non-hydrogen) atoms. The maximum absolute atomic E-state index is 2.65. The molecule has 0 spiro atoms. The van der Waals surface area contributed by atoms with Crippen LogP contribution in [-0.4, -0.2) is 181 Å². The zero-order valence-corrected chi connectivity index (χ0v) is 48.9. The molecular formula is C28H93Mg2N4O6Si8+. The Morgan fingerprint density at radius 3 is 0.375 bits per heavy atom.